The van der Waals surface area contributed by atoms with Gasteiger partial charge in [-0.3, -0.25) is 9.78 Å². The second-order valence-corrected chi connectivity index (χ2v) is 3.53. The van der Waals surface area contributed by atoms with E-state index in [1.807, 2.05) is 30.3 Å². The van der Waals surface area contributed by atoms with Crippen LogP contribution >= 0.6 is 11.6 Å². The maximum absolute atomic E-state index is 10.4. The minimum absolute atomic E-state index is 0.438. The Labute approximate surface area is 92.5 Å². The summed E-state index contributed by atoms with van der Waals surface area (Å²) in [5.74, 6) is 0. The maximum atomic E-state index is 10.4. The van der Waals surface area contributed by atoms with Gasteiger partial charge in [-0.15, -0.1) is 0 Å². The Hall–Kier alpha value is -1.67. The normalized spacial score (nSPS) is 9.93. The molecule has 0 atom stereocenters. The Balaban J connectivity index is 2.37. The highest BCUT2D eigenvalue weighted by Crippen LogP contribution is 2.20. The highest BCUT2D eigenvalue weighted by molar-refractivity contribution is 6.30. The van der Waals surface area contributed by atoms with E-state index in [1.165, 1.54) is 0 Å². The molecule has 0 aliphatic heterocycles. The van der Waals surface area contributed by atoms with Gasteiger partial charge in [-0.25, -0.2) is 0 Å². The Kier molecular flexibility index (Phi) is 2.79. The van der Waals surface area contributed by atoms with Crippen LogP contribution in [0.1, 0.15) is 10.5 Å². The molecule has 0 bridgehead atoms. The van der Waals surface area contributed by atoms with Gasteiger partial charge in [-0.05, 0) is 23.8 Å². The zero-order valence-corrected chi connectivity index (χ0v) is 8.61. The first-order chi connectivity index (χ1) is 7.29. The van der Waals surface area contributed by atoms with Gasteiger partial charge in [0.2, 0.25) is 0 Å². The molecule has 1 aromatic heterocycles. The van der Waals surface area contributed by atoms with Gasteiger partial charge in [0.25, 0.3) is 0 Å². The molecule has 2 nitrogen and oxygen atoms in total. The molecule has 2 aromatic rings. The number of halogens is 1. The van der Waals surface area contributed by atoms with Crippen molar-refractivity contribution in [3.05, 3.63) is 53.3 Å². The molecule has 1 aromatic carbocycles. The van der Waals surface area contributed by atoms with Crippen molar-refractivity contribution in [3.63, 3.8) is 0 Å². The monoisotopic (exact) mass is 217 g/mol. The van der Waals surface area contributed by atoms with Gasteiger partial charge >= 0.3 is 0 Å². The van der Waals surface area contributed by atoms with Crippen molar-refractivity contribution in [2.24, 2.45) is 0 Å². The Morgan fingerprint density at radius 1 is 1.00 bits per heavy atom. The van der Waals surface area contributed by atoms with Crippen molar-refractivity contribution in [2.45, 2.75) is 0 Å². The van der Waals surface area contributed by atoms with Crippen LogP contribution in [0.15, 0.2) is 42.6 Å². The van der Waals surface area contributed by atoms with E-state index in [0.29, 0.717) is 10.7 Å². The molecule has 0 radical (unpaired) electrons. The van der Waals surface area contributed by atoms with E-state index in [1.54, 1.807) is 12.3 Å². The Morgan fingerprint density at radius 2 is 1.67 bits per heavy atom. The van der Waals surface area contributed by atoms with Gasteiger partial charge in [0.15, 0.2) is 6.29 Å². The Morgan fingerprint density at radius 3 is 2.20 bits per heavy atom. The molecule has 0 saturated carbocycles. The fraction of sp³-hybridized carbons (Fsp3) is 0. The third kappa shape index (κ3) is 2.22. The third-order valence-electron chi connectivity index (χ3n) is 2.08. The van der Waals surface area contributed by atoms with Crippen molar-refractivity contribution in [3.8, 4) is 11.1 Å². The van der Waals surface area contributed by atoms with Crippen molar-refractivity contribution in [1.82, 2.24) is 4.98 Å². The summed E-state index contributed by atoms with van der Waals surface area (Å²) in [4.78, 5) is 14.4. The van der Waals surface area contributed by atoms with Crippen LogP contribution in [0, 0.1) is 0 Å². The minimum atomic E-state index is 0.438. The van der Waals surface area contributed by atoms with Gasteiger partial charge < -0.3 is 0 Å². The highest BCUT2D eigenvalue weighted by Gasteiger charge is 1.98. The van der Waals surface area contributed by atoms with E-state index in [-0.39, 0.29) is 0 Å². The molecular weight excluding hydrogens is 210 g/mol. The minimum Gasteiger partial charge on any atom is -0.296 e. The van der Waals surface area contributed by atoms with Gasteiger partial charge in [0.1, 0.15) is 5.69 Å². The van der Waals surface area contributed by atoms with E-state index in [2.05, 4.69) is 4.98 Å². The van der Waals surface area contributed by atoms with Gasteiger partial charge in [-0.2, -0.15) is 0 Å². The topological polar surface area (TPSA) is 30.0 Å². The van der Waals surface area contributed by atoms with Crippen LogP contribution in [-0.4, -0.2) is 11.3 Å². The molecule has 0 aliphatic rings. The fourth-order valence-corrected chi connectivity index (χ4v) is 1.41. The third-order valence-corrected chi connectivity index (χ3v) is 2.34. The Bertz CT molecular complexity index is 462. The SMILES string of the molecule is O=Cc1ccc(-c2ccc(Cl)cc2)cn1. The molecule has 2 rings (SSSR count). The summed E-state index contributed by atoms with van der Waals surface area (Å²) in [6, 6.07) is 11.0. The number of carbonyl (C=O) groups is 1. The lowest BCUT2D eigenvalue weighted by atomic mass is 10.1. The van der Waals surface area contributed by atoms with E-state index < -0.39 is 0 Å². The molecule has 0 fully saturated rings. The quantitative estimate of drug-likeness (QED) is 0.723. The molecular formula is C12H8ClNO. The summed E-state index contributed by atoms with van der Waals surface area (Å²) in [6.07, 6.45) is 2.40. The fourth-order valence-electron chi connectivity index (χ4n) is 1.29. The van der Waals surface area contributed by atoms with Crippen molar-refractivity contribution in [1.29, 1.82) is 0 Å². The predicted octanol–water partition coefficient (Wildman–Crippen LogP) is 3.21. The number of aldehydes is 1. The smallest absolute Gasteiger partial charge is 0.168 e. The van der Waals surface area contributed by atoms with Gasteiger partial charge in [0, 0.05) is 16.8 Å². The number of pyridine rings is 1. The van der Waals surface area contributed by atoms with Gasteiger partial charge in [0.05, 0.1) is 0 Å². The average molecular weight is 218 g/mol. The standard InChI is InChI=1S/C12H8ClNO/c13-11-4-1-9(2-5-11)10-3-6-12(8-15)14-7-10/h1-8H. The first-order valence-corrected chi connectivity index (χ1v) is 4.84. The maximum Gasteiger partial charge on any atom is 0.168 e. The highest BCUT2D eigenvalue weighted by atomic mass is 35.5. The average Bonchev–Trinajstić information content (AvgIpc) is 2.30. The predicted molar refractivity (Wildman–Crippen MR) is 60.1 cm³/mol. The number of nitrogens with zero attached hydrogens (tertiary/aromatic N) is 1. The van der Waals surface area contributed by atoms with Crippen LogP contribution in [0.3, 0.4) is 0 Å². The number of aromatic nitrogens is 1. The molecule has 0 spiro atoms. The van der Waals surface area contributed by atoms with E-state index in [0.717, 1.165) is 17.4 Å². The number of rotatable bonds is 2. The largest absolute Gasteiger partial charge is 0.296 e. The lowest BCUT2D eigenvalue weighted by Crippen LogP contribution is -1.86. The van der Waals surface area contributed by atoms with Crippen LogP contribution in [0.25, 0.3) is 11.1 Å². The number of carbonyl (C=O) groups excluding carboxylic acids is 1. The first-order valence-electron chi connectivity index (χ1n) is 4.47. The first kappa shape index (κ1) is 9.87. The molecule has 0 saturated heterocycles. The van der Waals surface area contributed by atoms with Crippen molar-refractivity contribution in [2.75, 3.05) is 0 Å². The lowest BCUT2D eigenvalue weighted by Gasteiger charge is -2.00. The second-order valence-electron chi connectivity index (χ2n) is 3.10. The molecule has 0 unspecified atom stereocenters. The molecule has 74 valence electrons. The van der Waals surface area contributed by atoms with E-state index in [9.17, 15) is 4.79 Å². The van der Waals surface area contributed by atoms with Crippen LogP contribution in [0.4, 0.5) is 0 Å². The van der Waals surface area contributed by atoms with Crippen LogP contribution in [0.2, 0.25) is 5.02 Å². The summed E-state index contributed by atoms with van der Waals surface area (Å²) in [5.41, 5.74) is 2.44. The molecule has 0 amide bonds. The van der Waals surface area contributed by atoms with Crippen molar-refractivity contribution >= 4 is 17.9 Å². The number of hydrogen-bond acceptors (Lipinski definition) is 2. The lowest BCUT2D eigenvalue weighted by molar-refractivity contribution is 0.111. The van der Waals surface area contributed by atoms with Crippen LogP contribution < -0.4 is 0 Å². The summed E-state index contributed by atoms with van der Waals surface area (Å²) < 4.78 is 0. The molecule has 1 heterocycles. The molecule has 15 heavy (non-hydrogen) atoms. The number of hydrogen-bond donors (Lipinski definition) is 0. The van der Waals surface area contributed by atoms with E-state index >= 15 is 0 Å². The summed E-state index contributed by atoms with van der Waals surface area (Å²) in [5, 5.41) is 0.705. The van der Waals surface area contributed by atoms with Crippen molar-refractivity contribution < 1.29 is 4.79 Å². The van der Waals surface area contributed by atoms with Crippen LogP contribution in [-0.2, 0) is 0 Å². The molecule has 0 aliphatic carbocycles. The molecule has 0 N–H and O–H groups in total. The zero-order valence-electron chi connectivity index (χ0n) is 7.85. The summed E-state index contributed by atoms with van der Waals surface area (Å²) in [7, 11) is 0. The summed E-state index contributed by atoms with van der Waals surface area (Å²) in [6.45, 7) is 0. The van der Waals surface area contributed by atoms with E-state index in [4.69, 9.17) is 11.6 Å². The van der Waals surface area contributed by atoms with Crippen LogP contribution in [0.5, 0.6) is 0 Å². The summed E-state index contributed by atoms with van der Waals surface area (Å²) >= 11 is 5.78. The molecule has 3 heteroatoms. The number of benzene rings is 1. The second kappa shape index (κ2) is 4.24. The zero-order chi connectivity index (χ0) is 10.7. The van der Waals surface area contributed by atoms with Gasteiger partial charge in [-0.1, -0.05) is 29.8 Å².